The van der Waals surface area contributed by atoms with Crippen molar-refractivity contribution < 1.29 is 17.8 Å². The summed E-state index contributed by atoms with van der Waals surface area (Å²) in [6, 6.07) is 18.2. The van der Waals surface area contributed by atoms with Gasteiger partial charge in [-0.15, -0.1) is 4.57 Å². The van der Waals surface area contributed by atoms with E-state index in [1.54, 1.807) is 31.4 Å². The minimum atomic E-state index is -3.64. The summed E-state index contributed by atoms with van der Waals surface area (Å²) in [6.45, 7) is 0. The molecule has 4 nitrogen and oxygen atoms in total. The molecule has 0 spiro atoms. The molecule has 1 aliphatic rings. The molecule has 1 aliphatic carbocycles. The molecule has 0 heterocycles. The third-order valence-electron chi connectivity index (χ3n) is 3.88. The molecule has 0 aliphatic heterocycles. The smallest absolute Gasteiger partial charge is 0.490 e. The predicted octanol–water partition coefficient (Wildman–Crippen LogP) is 5.89. The van der Waals surface area contributed by atoms with Crippen molar-refractivity contribution in [3.05, 3.63) is 72.5 Å². The lowest BCUT2D eigenvalue weighted by Crippen LogP contribution is -2.16. The zero-order valence-corrected chi connectivity index (χ0v) is 14.7. The molecule has 0 N–H and O–H groups in total. The van der Waals surface area contributed by atoms with Gasteiger partial charge in [-0.1, -0.05) is 36.4 Å². The van der Waals surface area contributed by atoms with Crippen LogP contribution < -0.4 is 9.05 Å². The van der Waals surface area contributed by atoms with Crippen LogP contribution in [0.2, 0.25) is 0 Å². The Bertz CT molecular complexity index is 682. The molecule has 0 saturated carbocycles. The van der Waals surface area contributed by atoms with Crippen molar-refractivity contribution in [3.8, 4) is 11.5 Å². The zero-order chi connectivity index (χ0) is 16.8. The zero-order valence-electron chi connectivity index (χ0n) is 13.8. The van der Waals surface area contributed by atoms with E-state index in [0.717, 1.165) is 31.4 Å². The van der Waals surface area contributed by atoms with E-state index < -0.39 is 7.82 Å². The number of benzene rings is 2. The standard InChI is InChI=1S/C19H22O4P/c1-23(19-15-9-4-10-16-19)24(20,21-17-11-5-2-6-12-17)22-18-13-7-3-8-14-18/h2-3,5-8,11-15H,4,9-10,16H2,1H3/q+1. The first-order valence-corrected chi connectivity index (χ1v) is 9.58. The molecule has 2 aromatic carbocycles. The second kappa shape index (κ2) is 7.59. The maximum Gasteiger partial charge on any atom is 0.805 e. The van der Waals surface area contributed by atoms with Crippen LogP contribution in [-0.4, -0.2) is 7.11 Å². The second-order valence-corrected chi connectivity index (χ2v) is 7.46. The van der Waals surface area contributed by atoms with Gasteiger partial charge in [0, 0.05) is 6.08 Å². The lowest BCUT2D eigenvalue weighted by Gasteiger charge is -2.28. The van der Waals surface area contributed by atoms with Crippen LogP contribution in [0.1, 0.15) is 25.7 Å². The largest absolute Gasteiger partial charge is 0.805 e. The van der Waals surface area contributed by atoms with Crippen LogP contribution in [0.15, 0.2) is 72.5 Å². The lowest BCUT2D eigenvalue weighted by atomic mass is 10.1. The summed E-state index contributed by atoms with van der Waals surface area (Å²) in [7, 11) is -1.94. The maximum atomic E-state index is 13.6. The summed E-state index contributed by atoms with van der Waals surface area (Å²) in [5.41, 5.74) is 0. The molecule has 24 heavy (non-hydrogen) atoms. The Morgan fingerprint density at radius 3 is 1.88 bits per heavy atom. The maximum absolute atomic E-state index is 13.6. The van der Waals surface area contributed by atoms with E-state index in [1.165, 1.54) is 0 Å². The van der Waals surface area contributed by atoms with Gasteiger partial charge in [-0.2, -0.15) is 0 Å². The Morgan fingerprint density at radius 1 is 0.875 bits per heavy atom. The average Bonchev–Trinajstić information content (AvgIpc) is 2.63. The minimum Gasteiger partial charge on any atom is -0.490 e. The van der Waals surface area contributed by atoms with Crippen molar-refractivity contribution in [2.24, 2.45) is 0 Å². The molecule has 0 atom stereocenters. The van der Waals surface area contributed by atoms with Crippen molar-refractivity contribution in [1.29, 1.82) is 0 Å². The van der Waals surface area contributed by atoms with E-state index in [2.05, 4.69) is 10.2 Å². The summed E-state index contributed by atoms with van der Waals surface area (Å²) in [5.74, 6) is 1.94. The van der Waals surface area contributed by atoms with Gasteiger partial charge in [-0.05, 0) is 43.5 Å². The van der Waals surface area contributed by atoms with Crippen molar-refractivity contribution in [3.63, 3.8) is 0 Å². The van der Waals surface area contributed by atoms with Crippen LogP contribution in [0.3, 0.4) is 0 Å². The van der Waals surface area contributed by atoms with Gasteiger partial charge in [0.05, 0.1) is 6.42 Å². The van der Waals surface area contributed by atoms with Gasteiger partial charge in [-0.25, -0.2) is 0 Å². The number of para-hydroxylation sites is 2. The van der Waals surface area contributed by atoms with Crippen LogP contribution in [0, 0.1) is 0 Å². The van der Waals surface area contributed by atoms with Gasteiger partial charge in [0.1, 0.15) is 11.5 Å². The number of rotatable bonds is 6. The first-order valence-electron chi connectivity index (χ1n) is 8.12. The highest BCUT2D eigenvalue weighted by Crippen LogP contribution is 2.57. The number of hydrogen-bond acceptors (Lipinski definition) is 3. The van der Waals surface area contributed by atoms with E-state index >= 15 is 0 Å². The molecule has 126 valence electrons. The fraction of sp³-hybridized carbons (Fsp3) is 0.263. The molecule has 0 bridgehead atoms. The van der Waals surface area contributed by atoms with Gasteiger partial charge in [0.25, 0.3) is 0 Å². The molecule has 3 rings (SSSR count). The van der Waals surface area contributed by atoms with Gasteiger partial charge in [0.2, 0.25) is 5.76 Å². The van der Waals surface area contributed by atoms with Crippen LogP contribution in [0.5, 0.6) is 11.5 Å². The van der Waals surface area contributed by atoms with Crippen molar-refractivity contribution >= 4 is 7.82 Å². The first-order chi connectivity index (χ1) is 11.7. The predicted molar refractivity (Wildman–Crippen MR) is 95.3 cm³/mol. The third kappa shape index (κ3) is 4.01. The molecular weight excluding hydrogens is 323 g/mol. The monoisotopic (exact) mass is 345 g/mol. The van der Waals surface area contributed by atoms with E-state index in [-0.39, 0.29) is 0 Å². The molecule has 0 fully saturated rings. The molecule has 0 radical (unpaired) electrons. The van der Waals surface area contributed by atoms with Crippen LogP contribution in [0.25, 0.3) is 0 Å². The fourth-order valence-electron chi connectivity index (χ4n) is 2.57. The van der Waals surface area contributed by atoms with Gasteiger partial charge in [-0.3, -0.25) is 0 Å². The molecule has 0 saturated heterocycles. The highest BCUT2D eigenvalue weighted by molar-refractivity contribution is 7.50. The van der Waals surface area contributed by atoms with E-state index in [0.29, 0.717) is 11.5 Å². The Hall–Kier alpha value is -2.19. The van der Waals surface area contributed by atoms with Gasteiger partial charge in [0.15, 0.2) is 7.11 Å². The summed E-state index contributed by atoms with van der Waals surface area (Å²) in [6.07, 6.45) is 6.13. The highest BCUT2D eigenvalue weighted by Gasteiger charge is 2.46. The van der Waals surface area contributed by atoms with E-state index in [1.807, 2.05) is 36.4 Å². The highest BCUT2D eigenvalue weighted by atomic mass is 31.2. The third-order valence-corrected chi connectivity index (χ3v) is 5.66. The van der Waals surface area contributed by atoms with Gasteiger partial charge >= 0.3 is 7.82 Å². The van der Waals surface area contributed by atoms with Crippen LogP contribution in [-0.2, 0) is 8.72 Å². The second-order valence-electron chi connectivity index (χ2n) is 5.65. The first kappa shape index (κ1) is 16.7. The minimum absolute atomic E-state index is 0.507. The summed E-state index contributed by atoms with van der Waals surface area (Å²) >= 11 is 0. The van der Waals surface area contributed by atoms with Crippen LogP contribution >= 0.6 is 7.82 Å². The summed E-state index contributed by atoms with van der Waals surface area (Å²) in [4.78, 5) is 0. The number of hydrogen-bond donors (Lipinski definition) is 0. The lowest BCUT2D eigenvalue weighted by molar-refractivity contribution is 0.0689. The Balaban J connectivity index is 1.90. The average molecular weight is 345 g/mol. The molecule has 0 amide bonds. The normalized spacial score (nSPS) is 14.6. The van der Waals surface area contributed by atoms with E-state index in [4.69, 9.17) is 9.05 Å². The number of allylic oxidation sites excluding steroid dienone is 2. The SMILES string of the molecule is C[O+](C1=CCCCC1)P(=O)(Oc1ccccc1)Oc1ccccc1. The Labute approximate surface area is 143 Å². The quantitative estimate of drug-likeness (QED) is 0.484. The van der Waals surface area contributed by atoms with Crippen molar-refractivity contribution in [2.45, 2.75) is 25.7 Å². The molecular formula is C19H22O4P+. The summed E-state index contributed by atoms with van der Waals surface area (Å²) < 4.78 is 27.8. The van der Waals surface area contributed by atoms with Crippen molar-refractivity contribution in [1.82, 2.24) is 0 Å². The topological polar surface area (TPSA) is 38.2 Å². The molecule has 0 unspecified atom stereocenters. The Morgan fingerprint density at radius 2 is 1.42 bits per heavy atom. The van der Waals surface area contributed by atoms with E-state index in [9.17, 15) is 4.57 Å². The molecule has 2 aromatic rings. The fourth-order valence-corrected chi connectivity index (χ4v) is 4.05. The van der Waals surface area contributed by atoms with Gasteiger partial charge < -0.3 is 13.2 Å². The van der Waals surface area contributed by atoms with Crippen molar-refractivity contribution in [2.75, 3.05) is 7.11 Å². The van der Waals surface area contributed by atoms with Crippen LogP contribution in [0.4, 0.5) is 0 Å². The molecule has 5 heteroatoms. The summed E-state index contributed by atoms with van der Waals surface area (Å²) in [5, 5.41) is 0. The Kier molecular flexibility index (Phi) is 5.27. The molecule has 0 aromatic heterocycles.